The van der Waals surface area contributed by atoms with Gasteiger partial charge in [0.1, 0.15) is 0 Å². The van der Waals surface area contributed by atoms with E-state index < -0.39 is 5.41 Å². The standard InChI is InChI=1S/C25H32Cl2N2O2S/c1-16(2)8-11-28(24(31)25(3,4)5)15-22(30)29-12-9-21-19(10-13-32-21)23(29)18-7-6-17(26)14-20(18)27/h6-7,10,13-14,16,23H,8-9,11-12,15H2,1-5H3. The van der Waals surface area contributed by atoms with Gasteiger partial charge in [-0.2, -0.15) is 0 Å². The highest BCUT2D eigenvalue weighted by Gasteiger charge is 2.36. The number of carbonyl (C=O) groups is 2. The van der Waals surface area contributed by atoms with E-state index in [1.54, 1.807) is 22.3 Å². The van der Waals surface area contributed by atoms with Crippen LogP contribution < -0.4 is 0 Å². The van der Waals surface area contributed by atoms with Crippen LogP contribution in [0, 0.1) is 11.3 Å². The highest BCUT2D eigenvalue weighted by atomic mass is 35.5. The van der Waals surface area contributed by atoms with E-state index in [9.17, 15) is 9.59 Å². The van der Waals surface area contributed by atoms with Crippen LogP contribution in [0.15, 0.2) is 29.6 Å². The fraction of sp³-hybridized carbons (Fsp3) is 0.520. The average molecular weight is 496 g/mol. The molecule has 0 spiro atoms. The van der Waals surface area contributed by atoms with Gasteiger partial charge < -0.3 is 9.80 Å². The Morgan fingerprint density at radius 1 is 1.19 bits per heavy atom. The van der Waals surface area contributed by atoms with E-state index in [0.717, 1.165) is 24.0 Å². The topological polar surface area (TPSA) is 40.6 Å². The zero-order valence-electron chi connectivity index (χ0n) is 19.5. The molecule has 0 bridgehead atoms. The lowest BCUT2D eigenvalue weighted by Crippen LogP contribution is -2.49. The number of thiophene rings is 1. The predicted molar refractivity (Wildman–Crippen MR) is 134 cm³/mol. The van der Waals surface area contributed by atoms with Crippen molar-refractivity contribution < 1.29 is 9.59 Å². The predicted octanol–water partition coefficient (Wildman–Crippen LogP) is 6.45. The lowest BCUT2D eigenvalue weighted by atomic mass is 9.92. The molecular weight excluding hydrogens is 463 g/mol. The maximum atomic E-state index is 13.6. The third kappa shape index (κ3) is 5.67. The lowest BCUT2D eigenvalue weighted by Gasteiger charge is -2.38. The minimum absolute atomic E-state index is 0.000747. The zero-order chi connectivity index (χ0) is 23.6. The number of benzene rings is 1. The number of amides is 2. The van der Waals surface area contributed by atoms with Gasteiger partial charge in [0.15, 0.2) is 0 Å². The molecule has 32 heavy (non-hydrogen) atoms. The lowest BCUT2D eigenvalue weighted by molar-refractivity contribution is -0.146. The van der Waals surface area contributed by atoms with E-state index in [-0.39, 0.29) is 24.4 Å². The summed E-state index contributed by atoms with van der Waals surface area (Å²) in [7, 11) is 0. The van der Waals surface area contributed by atoms with Crippen molar-refractivity contribution >= 4 is 46.4 Å². The Hall–Kier alpha value is -1.56. The number of fused-ring (bicyclic) bond motifs is 1. The second kappa shape index (κ2) is 10.1. The number of carbonyl (C=O) groups excluding carboxylic acids is 2. The first kappa shape index (κ1) is 25.1. The smallest absolute Gasteiger partial charge is 0.242 e. The van der Waals surface area contributed by atoms with Crippen molar-refractivity contribution in [2.24, 2.45) is 11.3 Å². The summed E-state index contributed by atoms with van der Waals surface area (Å²) in [4.78, 5) is 31.6. The number of nitrogens with zero attached hydrogens (tertiary/aromatic N) is 2. The van der Waals surface area contributed by atoms with Gasteiger partial charge in [-0.05, 0) is 53.5 Å². The molecule has 2 heterocycles. The SMILES string of the molecule is CC(C)CCN(CC(=O)N1CCc2sccc2C1c1ccc(Cl)cc1Cl)C(=O)C(C)(C)C. The van der Waals surface area contributed by atoms with E-state index in [4.69, 9.17) is 23.2 Å². The first-order valence-corrected chi connectivity index (χ1v) is 12.7. The van der Waals surface area contributed by atoms with Gasteiger partial charge in [-0.25, -0.2) is 0 Å². The van der Waals surface area contributed by atoms with Crippen LogP contribution in [0.1, 0.15) is 63.1 Å². The second-order valence-electron chi connectivity index (χ2n) is 9.86. The van der Waals surface area contributed by atoms with Gasteiger partial charge in [0.05, 0.1) is 12.6 Å². The molecule has 0 N–H and O–H groups in total. The van der Waals surface area contributed by atoms with Gasteiger partial charge in [0.2, 0.25) is 11.8 Å². The van der Waals surface area contributed by atoms with Gasteiger partial charge in [-0.3, -0.25) is 9.59 Å². The summed E-state index contributed by atoms with van der Waals surface area (Å²) < 4.78 is 0. The Balaban J connectivity index is 1.92. The summed E-state index contributed by atoms with van der Waals surface area (Å²) in [6.07, 6.45) is 1.66. The van der Waals surface area contributed by atoms with Gasteiger partial charge in [0.25, 0.3) is 0 Å². The quantitative estimate of drug-likeness (QED) is 0.462. The van der Waals surface area contributed by atoms with Crippen LogP contribution in [0.25, 0.3) is 0 Å². The highest BCUT2D eigenvalue weighted by Crippen LogP contribution is 2.41. The Morgan fingerprint density at radius 3 is 2.53 bits per heavy atom. The Kier molecular flexibility index (Phi) is 7.95. The zero-order valence-corrected chi connectivity index (χ0v) is 21.8. The van der Waals surface area contributed by atoms with Gasteiger partial charge in [-0.15, -0.1) is 11.3 Å². The molecule has 0 saturated heterocycles. The first-order valence-electron chi connectivity index (χ1n) is 11.1. The molecule has 1 aliphatic rings. The van der Waals surface area contributed by atoms with E-state index in [0.29, 0.717) is 29.1 Å². The molecule has 1 unspecified atom stereocenters. The Bertz CT molecular complexity index is 981. The minimum Gasteiger partial charge on any atom is -0.333 e. The maximum absolute atomic E-state index is 13.6. The van der Waals surface area contributed by atoms with Crippen LogP contribution >= 0.6 is 34.5 Å². The molecule has 2 aromatic rings. The van der Waals surface area contributed by atoms with E-state index in [2.05, 4.69) is 25.3 Å². The third-order valence-electron chi connectivity index (χ3n) is 5.77. The van der Waals surface area contributed by atoms with E-state index in [1.807, 2.05) is 37.8 Å². The van der Waals surface area contributed by atoms with Crippen molar-refractivity contribution in [3.05, 3.63) is 55.7 Å². The van der Waals surface area contributed by atoms with Crippen LogP contribution in [0.5, 0.6) is 0 Å². The number of hydrogen-bond acceptors (Lipinski definition) is 3. The molecule has 2 amide bonds. The number of hydrogen-bond donors (Lipinski definition) is 0. The van der Waals surface area contributed by atoms with Crippen LogP contribution in [0.2, 0.25) is 10.0 Å². The molecular formula is C25H32Cl2N2O2S. The molecule has 0 fully saturated rings. The molecule has 1 aromatic heterocycles. The molecule has 174 valence electrons. The molecule has 1 aromatic carbocycles. The molecule has 0 radical (unpaired) electrons. The van der Waals surface area contributed by atoms with Gasteiger partial charge in [0, 0.05) is 33.4 Å². The fourth-order valence-electron chi connectivity index (χ4n) is 4.04. The summed E-state index contributed by atoms with van der Waals surface area (Å²) >= 11 is 14.4. The van der Waals surface area contributed by atoms with Crippen molar-refractivity contribution in [3.8, 4) is 0 Å². The molecule has 7 heteroatoms. The molecule has 0 saturated carbocycles. The first-order chi connectivity index (χ1) is 15.0. The molecule has 1 aliphatic heterocycles. The van der Waals surface area contributed by atoms with Crippen molar-refractivity contribution in [2.75, 3.05) is 19.6 Å². The molecule has 0 aliphatic carbocycles. The van der Waals surface area contributed by atoms with Crippen molar-refractivity contribution in [1.29, 1.82) is 0 Å². The van der Waals surface area contributed by atoms with Gasteiger partial charge >= 0.3 is 0 Å². The summed E-state index contributed by atoms with van der Waals surface area (Å²) in [6.45, 7) is 11.2. The van der Waals surface area contributed by atoms with Crippen LogP contribution in [0.3, 0.4) is 0 Å². The minimum atomic E-state index is -0.543. The largest absolute Gasteiger partial charge is 0.333 e. The summed E-state index contributed by atoms with van der Waals surface area (Å²) in [5.74, 6) is 0.393. The molecule has 1 atom stereocenters. The third-order valence-corrected chi connectivity index (χ3v) is 7.33. The van der Waals surface area contributed by atoms with Crippen LogP contribution in [-0.4, -0.2) is 41.2 Å². The summed E-state index contributed by atoms with van der Waals surface area (Å²) in [5.41, 5.74) is 1.42. The Morgan fingerprint density at radius 2 is 1.91 bits per heavy atom. The van der Waals surface area contributed by atoms with Crippen molar-refractivity contribution in [3.63, 3.8) is 0 Å². The fourth-order valence-corrected chi connectivity index (χ4v) is 5.45. The highest BCUT2D eigenvalue weighted by molar-refractivity contribution is 7.10. The Labute approximate surface area is 205 Å². The van der Waals surface area contributed by atoms with E-state index in [1.165, 1.54) is 4.88 Å². The second-order valence-corrected chi connectivity index (χ2v) is 11.7. The molecule has 3 rings (SSSR count). The normalized spacial score (nSPS) is 16.2. The van der Waals surface area contributed by atoms with Crippen molar-refractivity contribution in [1.82, 2.24) is 9.80 Å². The average Bonchev–Trinajstić information content (AvgIpc) is 3.18. The van der Waals surface area contributed by atoms with E-state index >= 15 is 0 Å². The van der Waals surface area contributed by atoms with Crippen LogP contribution in [0.4, 0.5) is 0 Å². The van der Waals surface area contributed by atoms with Gasteiger partial charge in [-0.1, -0.05) is 63.9 Å². The summed E-state index contributed by atoms with van der Waals surface area (Å²) in [5, 5.41) is 3.17. The van der Waals surface area contributed by atoms with Crippen LogP contribution in [-0.2, 0) is 16.0 Å². The summed E-state index contributed by atoms with van der Waals surface area (Å²) in [6, 6.07) is 7.23. The molecule has 4 nitrogen and oxygen atoms in total. The maximum Gasteiger partial charge on any atom is 0.242 e. The number of halogens is 2. The number of rotatable bonds is 6. The monoisotopic (exact) mass is 494 g/mol. The van der Waals surface area contributed by atoms with Crippen molar-refractivity contribution in [2.45, 2.75) is 53.5 Å².